The van der Waals surface area contributed by atoms with Gasteiger partial charge in [-0.05, 0) is 42.9 Å². The third-order valence-electron chi connectivity index (χ3n) is 4.07. The predicted octanol–water partition coefficient (Wildman–Crippen LogP) is 5.05. The Bertz CT molecular complexity index is 565. The molecule has 1 heteroatoms. The van der Waals surface area contributed by atoms with E-state index in [0.29, 0.717) is 0 Å². The van der Waals surface area contributed by atoms with Crippen molar-refractivity contribution in [3.63, 3.8) is 0 Å². The maximum Gasteiger partial charge on any atom is 0.0704 e. The standard InChI is InChI=1S/C18H23N/c1-6-18(4,5)16-12-19-17(11-14(16)3)15-9-7-13(2)8-10-15/h7-12H,6H2,1-5H3. The minimum Gasteiger partial charge on any atom is -0.256 e. The summed E-state index contributed by atoms with van der Waals surface area (Å²) in [6.07, 6.45) is 3.17. The molecule has 1 aromatic carbocycles. The molecule has 0 radical (unpaired) electrons. The van der Waals surface area contributed by atoms with Crippen molar-refractivity contribution in [1.82, 2.24) is 4.98 Å². The number of hydrogen-bond acceptors (Lipinski definition) is 1. The number of benzene rings is 1. The zero-order chi connectivity index (χ0) is 14.0. The summed E-state index contributed by atoms with van der Waals surface area (Å²) < 4.78 is 0. The summed E-state index contributed by atoms with van der Waals surface area (Å²) in [5.74, 6) is 0. The summed E-state index contributed by atoms with van der Waals surface area (Å²) in [4.78, 5) is 4.65. The van der Waals surface area contributed by atoms with E-state index in [-0.39, 0.29) is 5.41 Å². The molecule has 100 valence electrons. The summed E-state index contributed by atoms with van der Waals surface area (Å²) in [5, 5.41) is 0. The third-order valence-corrected chi connectivity index (χ3v) is 4.07. The Kier molecular flexibility index (Phi) is 3.75. The molecule has 2 aromatic rings. The fraction of sp³-hybridized carbons (Fsp3) is 0.389. The van der Waals surface area contributed by atoms with Gasteiger partial charge in [-0.25, -0.2) is 0 Å². The lowest BCUT2D eigenvalue weighted by Crippen LogP contribution is -2.17. The lowest BCUT2D eigenvalue weighted by molar-refractivity contribution is 0.501. The fourth-order valence-corrected chi connectivity index (χ4v) is 2.34. The molecule has 1 heterocycles. The van der Waals surface area contributed by atoms with Crippen molar-refractivity contribution < 1.29 is 0 Å². The fourth-order valence-electron chi connectivity index (χ4n) is 2.34. The van der Waals surface area contributed by atoms with Crippen LogP contribution in [0.1, 0.15) is 43.9 Å². The summed E-state index contributed by atoms with van der Waals surface area (Å²) in [7, 11) is 0. The van der Waals surface area contributed by atoms with E-state index in [2.05, 4.69) is 69.9 Å². The number of rotatable bonds is 3. The monoisotopic (exact) mass is 253 g/mol. The van der Waals surface area contributed by atoms with E-state index in [1.165, 1.54) is 22.3 Å². The van der Waals surface area contributed by atoms with E-state index in [0.717, 1.165) is 12.1 Å². The van der Waals surface area contributed by atoms with Gasteiger partial charge in [0.25, 0.3) is 0 Å². The quantitative estimate of drug-likeness (QED) is 0.745. The van der Waals surface area contributed by atoms with Gasteiger partial charge < -0.3 is 0 Å². The minimum absolute atomic E-state index is 0.197. The van der Waals surface area contributed by atoms with Crippen molar-refractivity contribution in [3.05, 3.63) is 53.2 Å². The second-order valence-corrected chi connectivity index (χ2v) is 5.99. The van der Waals surface area contributed by atoms with Crippen molar-refractivity contribution >= 4 is 0 Å². The van der Waals surface area contributed by atoms with Crippen molar-refractivity contribution in [3.8, 4) is 11.3 Å². The van der Waals surface area contributed by atoms with Gasteiger partial charge in [-0.3, -0.25) is 4.98 Å². The van der Waals surface area contributed by atoms with E-state index in [4.69, 9.17) is 0 Å². The second-order valence-electron chi connectivity index (χ2n) is 5.99. The molecule has 0 aliphatic rings. The molecule has 0 N–H and O–H groups in total. The van der Waals surface area contributed by atoms with Crippen molar-refractivity contribution in [2.24, 2.45) is 0 Å². The van der Waals surface area contributed by atoms with E-state index in [1.807, 2.05) is 6.20 Å². The molecule has 1 aromatic heterocycles. The third kappa shape index (κ3) is 2.86. The minimum atomic E-state index is 0.197. The van der Waals surface area contributed by atoms with Gasteiger partial charge >= 0.3 is 0 Å². The Labute approximate surface area is 116 Å². The Balaban J connectivity index is 2.41. The first-order chi connectivity index (χ1) is 8.94. The highest BCUT2D eigenvalue weighted by atomic mass is 14.7. The highest BCUT2D eigenvalue weighted by Gasteiger charge is 2.20. The molecule has 0 fully saturated rings. The molecule has 0 unspecified atom stereocenters. The first-order valence-electron chi connectivity index (χ1n) is 6.98. The summed E-state index contributed by atoms with van der Waals surface area (Å²) in [5.41, 5.74) is 6.42. The molecule has 0 saturated carbocycles. The van der Waals surface area contributed by atoms with Crippen LogP contribution in [0.3, 0.4) is 0 Å². The van der Waals surface area contributed by atoms with Crippen molar-refractivity contribution in [2.45, 2.75) is 46.5 Å². The smallest absolute Gasteiger partial charge is 0.0704 e. The van der Waals surface area contributed by atoms with E-state index < -0.39 is 0 Å². The maximum atomic E-state index is 4.65. The highest BCUT2D eigenvalue weighted by Crippen LogP contribution is 2.30. The molecular formula is C18H23N. The summed E-state index contributed by atoms with van der Waals surface area (Å²) in [6, 6.07) is 10.8. The lowest BCUT2D eigenvalue weighted by atomic mass is 9.81. The lowest BCUT2D eigenvalue weighted by Gasteiger charge is -2.25. The van der Waals surface area contributed by atoms with Crippen LogP contribution in [0.2, 0.25) is 0 Å². The number of aryl methyl sites for hydroxylation is 2. The molecule has 0 aliphatic heterocycles. The van der Waals surface area contributed by atoms with Crippen LogP contribution < -0.4 is 0 Å². The Morgan fingerprint density at radius 2 is 1.68 bits per heavy atom. The van der Waals surface area contributed by atoms with Crippen LogP contribution >= 0.6 is 0 Å². The van der Waals surface area contributed by atoms with Crippen LogP contribution in [-0.4, -0.2) is 4.98 Å². The maximum absolute atomic E-state index is 4.65. The molecule has 0 saturated heterocycles. The van der Waals surface area contributed by atoms with E-state index >= 15 is 0 Å². The van der Waals surface area contributed by atoms with Gasteiger partial charge in [-0.1, -0.05) is 50.6 Å². The molecule has 0 bridgehead atoms. The number of pyridine rings is 1. The largest absolute Gasteiger partial charge is 0.256 e. The predicted molar refractivity (Wildman–Crippen MR) is 82.5 cm³/mol. The molecule has 0 aliphatic carbocycles. The zero-order valence-corrected chi connectivity index (χ0v) is 12.6. The van der Waals surface area contributed by atoms with Gasteiger partial charge in [0.05, 0.1) is 5.69 Å². The first-order valence-corrected chi connectivity index (χ1v) is 6.98. The van der Waals surface area contributed by atoms with E-state index in [1.54, 1.807) is 0 Å². The molecule has 2 rings (SSSR count). The summed E-state index contributed by atoms with van der Waals surface area (Å²) >= 11 is 0. The van der Waals surface area contributed by atoms with Gasteiger partial charge in [-0.15, -0.1) is 0 Å². The summed E-state index contributed by atoms with van der Waals surface area (Å²) in [6.45, 7) is 11.1. The number of aromatic nitrogens is 1. The molecule has 19 heavy (non-hydrogen) atoms. The highest BCUT2D eigenvalue weighted by molar-refractivity contribution is 5.60. The Hall–Kier alpha value is -1.63. The van der Waals surface area contributed by atoms with Crippen LogP contribution in [0.25, 0.3) is 11.3 Å². The molecule has 0 amide bonds. The average Bonchev–Trinajstić information content (AvgIpc) is 2.39. The van der Waals surface area contributed by atoms with Crippen LogP contribution in [0.15, 0.2) is 36.5 Å². The normalized spacial score (nSPS) is 11.6. The SMILES string of the molecule is CCC(C)(C)c1cnc(-c2ccc(C)cc2)cc1C. The van der Waals surface area contributed by atoms with Gasteiger partial charge in [0.15, 0.2) is 0 Å². The molecule has 1 nitrogen and oxygen atoms in total. The second kappa shape index (κ2) is 5.16. The number of nitrogens with zero attached hydrogens (tertiary/aromatic N) is 1. The zero-order valence-electron chi connectivity index (χ0n) is 12.6. The van der Waals surface area contributed by atoms with Gasteiger partial charge in [0.2, 0.25) is 0 Å². The average molecular weight is 253 g/mol. The van der Waals surface area contributed by atoms with Crippen molar-refractivity contribution in [2.75, 3.05) is 0 Å². The number of hydrogen-bond donors (Lipinski definition) is 0. The van der Waals surface area contributed by atoms with Crippen LogP contribution in [0.4, 0.5) is 0 Å². The van der Waals surface area contributed by atoms with Crippen LogP contribution in [0, 0.1) is 13.8 Å². The van der Waals surface area contributed by atoms with E-state index in [9.17, 15) is 0 Å². The van der Waals surface area contributed by atoms with Gasteiger partial charge in [0, 0.05) is 11.8 Å². The molecule has 0 atom stereocenters. The first kappa shape index (κ1) is 13.8. The molecule has 0 spiro atoms. The van der Waals surface area contributed by atoms with Gasteiger partial charge in [-0.2, -0.15) is 0 Å². The van der Waals surface area contributed by atoms with Gasteiger partial charge in [0.1, 0.15) is 0 Å². The van der Waals surface area contributed by atoms with Crippen LogP contribution in [-0.2, 0) is 5.41 Å². The van der Waals surface area contributed by atoms with Crippen LogP contribution in [0.5, 0.6) is 0 Å². The van der Waals surface area contributed by atoms with Crippen molar-refractivity contribution in [1.29, 1.82) is 0 Å². The Morgan fingerprint density at radius 1 is 1.05 bits per heavy atom. The molecular weight excluding hydrogens is 230 g/mol. The topological polar surface area (TPSA) is 12.9 Å². The Morgan fingerprint density at radius 3 is 2.21 bits per heavy atom.